The van der Waals surface area contributed by atoms with E-state index in [-0.39, 0.29) is 6.07 Å². The maximum atomic E-state index is 13.2. The van der Waals surface area contributed by atoms with Crippen molar-refractivity contribution in [2.45, 2.75) is 6.04 Å². The summed E-state index contributed by atoms with van der Waals surface area (Å²) in [5.41, 5.74) is -1.06. The van der Waals surface area contributed by atoms with Crippen molar-refractivity contribution in [3.05, 3.63) is 34.9 Å². The smallest absolute Gasteiger partial charge is 0.254 e. The molecule has 8 heteroatoms. The average Bonchev–Trinajstić information content (AvgIpc) is 2.37. The fourth-order valence-electron chi connectivity index (χ4n) is 1.15. The first-order valence-electron chi connectivity index (χ1n) is 4.78. The molecule has 1 aromatic rings. The van der Waals surface area contributed by atoms with Gasteiger partial charge < -0.3 is 15.5 Å². The Balaban J connectivity index is 3.07. The Hall–Kier alpha value is -1.67. The van der Waals surface area contributed by atoms with Crippen LogP contribution in [0, 0.1) is 23.3 Å². The zero-order chi connectivity index (χ0) is 13.9. The minimum atomic E-state index is -2.11. The number of hydrogen-bond acceptors (Lipinski definition) is 3. The van der Waals surface area contributed by atoms with Crippen LogP contribution in [0.3, 0.4) is 0 Å². The molecular formula is C10H9F4NO3. The largest absolute Gasteiger partial charge is 0.394 e. The summed E-state index contributed by atoms with van der Waals surface area (Å²) in [7, 11) is 0. The molecule has 0 heterocycles. The molecule has 0 atom stereocenters. The van der Waals surface area contributed by atoms with E-state index in [1.54, 1.807) is 0 Å². The van der Waals surface area contributed by atoms with E-state index in [1.165, 1.54) is 0 Å². The highest BCUT2D eigenvalue weighted by molar-refractivity contribution is 5.94. The van der Waals surface area contributed by atoms with E-state index in [0.29, 0.717) is 0 Å². The number of hydrogen-bond donors (Lipinski definition) is 3. The molecule has 0 aliphatic rings. The molecular weight excluding hydrogens is 258 g/mol. The first-order valence-corrected chi connectivity index (χ1v) is 4.78. The number of nitrogens with one attached hydrogen (secondary N) is 1. The molecule has 0 fully saturated rings. The Morgan fingerprint density at radius 3 is 2.17 bits per heavy atom. The predicted molar refractivity (Wildman–Crippen MR) is 51.7 cm³/mol. The summed E-state index contributed by atoms with van der Waals surface area (Å²) in [5, 5.41) is 19.2. The molecule has 1 rings (SSSR count). The van der Waals surface area contributed by atoms with Gasteiger partial charge in [0.1, 0.15) is 0 Å². The van der Waals surface area contributed by atoms with Crippen molar-refractivity contribution in [2.24, 2.45) is 0 Å². The molecule has 3 N–H and O–H groups in total. The molecule has 0 aliphatic carbocycles. The van der Waals surface area contributed by atoms with Crippen molar-refractivity contribution in [1.29, 1.82) is 0 Å². The molecule has 0 bridgehead atoms. The van der Waals surface area contributed by atoms with Gasteiger partial charge in [0.05, 0.1) is 24.8 Å². The molecule has 0 radical (unpaired) electrons. The van der Waals surface area contributed by atoms with Crippen LogP contribution in [0.5, 0.6) is 0 Å². The summed E-state index contributed by atoms with van der Waals surface area (Å²) in [6.07, 6.45) is 0. The number of carbonyl (C=O) groups excluding carboxylic acids is 1. The Bertz CT molecular complexity index is 463. The van der Waals surface area contributed by atoms with E-state index in [4.69, 9.17) is 10.2 Å². The predicted octanol–water partition coefficient (Wildman–Crippen LogP) is 0.326. The fourth-order valence-corrected chi connectivity index (χ4v) is 1.15. The van der Waals surface area contributed by atoms with Gasteiger partial charge in [-0.3, -0.25) is 4.79 Å². The van der Waals surface area contributed by atoms with Crippen molar-refractivity contribution in [1.82, 2.24) is 5.32 Å². The van der Waals surface area contributed by atoms with Crippen LogP contribution in [0.2, 0.25) is 0 Å². The molecule has 0 saturated heterocycles. The number of aliphatic hydroxyl groups is 2. The minimum absolute atomic E-state index is 0.189. The van der Waals surface area contributed by atoms with E-state index >= 15 is 0 Å². The second-order valence-corrected chi connectivity index (χ2v) is 3.38. The molecule has 0 saturated carbocycles. The average molecular weight is 267 g/mol. The van der Waals surface area contributed by atoms with E-state index < -0.39 is 54.0 Å². The fraction of sp³-hybridized carbons (Fsp3) is 0.300. The Labute approximate surface area is 98.9 Å². The zero-order valence-electron chi connectivity index (χ0n) is 8.88. The van der Waals surface area contributed by atoms with Crippen LogP contribution >= 0.6 is 0 Å². The van der Waals surface area contributed by atoms with Crippen LogP contribution < -0.4 is 5.32 Å². The van der Waals surface area contributed by atoms with Gasteiger partial charge in [0.15, 0.2) is 23.3 Å². The van der Waals surface area contributed by atoms with E-state index in [0.717, 1.165) is 0 Å². The van der Waals surface area contributed by atoms with Crippen LogP contribution in [0.4, 0.5) is 17.6 Å². The van der Waals surface area contributed by atoms with Crippen LogP contribution in [0.25, 0.3) is 0 Å². The number of carbonyl (C=O) groups is 1. The van der Waals surface area contributed by atoms with E-state index in [2.05, 4.69) is 0 Å². The van der Waals surface area contributed by atoms with E-state index in [1.807, 2.05) is 5.32 Å². The van der Waals surface area contributed by atoms with Gasteiger partial charge in [-0.1, -0.05) is 0 Å². The molecule has 100 valence electrons. The lowest BCUT2D eigenvalue weighted by Crippen LogP contribution is -2.40. The monoisotopic (exact) mass is 267 g/mol. The van der Waals surface area contributed by atoms with Gasteiger partial charge >= 0.3 is 0 Å². The highest BCUT2D eigenvalue weighted by atomic mass is 19.2. The standard InChI is InChI=1S/C10H9F4NO3/c11-6-1-5(7(12)9(14)8(6)13)10(18)15-4(2-16)3-17/h1,4,16-17H,2-3H2,(H,15,18). The number of benzene rings is 1. The molecule has 4 nitrogen and oxygen atoms in total. The minimum Gasteiger partial charge on any atom is -0.394 e. The third-order valence-electron chi connectivity index (χ3n) is 2.12. The highest BCUT2D eigenvalue weighted by Crippen LogP contribution is 2.18. The van der Waals surface area contributed by atoms with Gasteiger partial charge in [-0.25, -0.2) is 17.6 Å². The lowest BCUT2D eigenvalue weighted by atomic mass is 10.1. The lowest BCUT2D eigenvalue weighted by Gasteiger charge is -2.13. The van der Waals surface area contributed by atoms with Gasteiger partial charge in [-0.05, 0) is 6.07 Å². The number of halogens is 4. The molecule has 18 heavy (non-hydrogen) atoms. The zero-order valence-corrected chi connectivity index (χ0v) is 8.88. The normalized spacial score (nSPS) is 10.8. The number of aliphatic hydroxyl groups excluding tert-OH is 2. The van der Waals surface area contributed by atoms with Gasteiger partial charge in [0, 0.05) is 0 Å². The molecule has 0 aromatic heterocycles. The summed E-state index contributed by atoms with van der Waals surface area (Å²) in [6.45, 7) is -1.31. The lowest BCUT2D eigenvalue weighted by molar-refractivity contribution is 0.0873. The second-order valence-electron chi connectivity index (χ2n) is 3.38. The highest BCUT2D eigenvalue weighted by Gasteiger charge is 2.24. The molecule has 1 aromatic carbocycles. The topological polar surface area (TPSA) is 69.6 Å². The Kier molecular flexibility index (Phi) is 4.62. The van der Waals surface area contributed by atoms with E-state index in [9.17, 15) is 22.4 Å². The summed E-state index contributed by atoms with van der Waals surface area (Å²) in [5.74, 6) is -8.97. The summed E-state index contributed by atoms with van der Waals surface area (Å²) < 4.78 is 51.5. The van der Waals surface area contributed by atoms with Crippen LogP contribution in [0.1, 0.15) is 10.4 Å². The number of rotatable bonds is 4. The van der Waals surface area contributed by atoms with Crippen LogP contribution in [-0.4, -0.2) is 35.4 Å². The maximum Gasteiger partial charge on any atom is 0.254 e. The van der Waals surface area contributed by atoms with Crippen molar-refractivity contribution in [3.8, 4) is 0 Å². The van der Waals surface area contributed by atoms with Gasteiger partial charge in [0.2, 0.25) is 0 Å². The third-order valence-corrected chi connectivity index (χ3v) is 2.12. The van der Waals surface area contributed by atoms with Gasteiger partial charge in [-0.2, -0.15) is 0 Å². The third kappa shape index (κ3) is 2.77. The van der Waals surface area contributed by atoms with Crippen molar-refractivity contribution in [3.63, 3.8) is 0 Å². The molecule has 0 spiro atoms. The summed E-state index contributed by atoms with van der Waals surface area (Å²) in [4.78, 5) is 11.4. The first-order chi connectivity index (χ1) is 8.42. The molecule has 1 amide bonds. The molecule has 0 aliphatic heterocycles. The summed E-state index contributed by atoms with van der Waals surface area (Å²) in [6, 6.07) is -0.928. The Morgan fingerprint density at radius 1 is 1.11 bits per heavy atom. The molecule has 0 unspecified atom stereocenters. The van der Waals surface area contributed by atoms with Crippen LogP contribution in [-0.2, 0) is 0 Å². The van der Waals surface area contributed by atoms with Gasteiger partial charge in [-0.15, -0.1) is 0 Å². The number of amides is 1. The second kappa shape index (κ2) is 5.78. The quantitative estimate of drug-likeness (QED) is 0.418. The van der Waals surface area contributed by atoms with Crippen molar-refractivity contribution >= 4 is 5.91 Å². The first kappa shape index (κ1) is 14.4. The SMILES string of the molecule is O=C(NC(CO)CO)c1cc(F)c(F)c(F)c1F. The maximum absolute atomic E-state index is 13.2. The van der Waals surface area contributed by atoms with Gasteiger partial charge in [0.25, 0.3) is 5.91 Å². The Morgan fingerprint density at radius 2 is 1.67 bits per heavy atom. The van der Waals surface area contributed by atoms with Crippen molar-refractivity contribution in [2.75, 3.05) is 13.2 Å². The summed E-state index contributed by atoms with van der Waals surface area (Å²) >= 11 is 0. The van der Waals surface area contributed by atoms with Crippen molar-refractivity contribution < 1.29 is 32.6 Å². The van der Waals surface area contributed by atoms with Crippen LogP contribution in [0.15, 0.2) is 6.07 Å².